The maximum Gasteiger partial charge on any atom is 0.416 e. The molecule has 2 aromatic rings. The third-order valence-corrected chi connectivity index (χ3v) is 7.02. The highest BCUT2D eigenvalue weighted by atomic mass is 32.1. The molecular weight excluding hydrogens is 483 g/mol. The van der Waals surface area contributed by atoms with Crippen LogP contribution in [0, 0.1) is 5.92 Å². The van der Waals surface area contributed by atoms with E-state index in [0.29, 0.717) is 24.3 Å². The zero-order valence-electron chi connectivity index (χ0n) is 20.3. The van der Waals surface area contributed by atoms with Crippen LogP contribution in [0.1, 0.15) is 61.8 Å². The van der Waals surface area contributed by atoms with Crippen LogP contribution in [0.25, 0.3) is 0 Å². The maximum absolute atomic E-state index is 13.4. The highest BCUT2D eigenvalue weighted by Crippen LogP contribution is 2.33. The SMILES string of the molecule is CC(C)Cn1cc(C(C)(C)C)s/c1=N\C(=O)c1cc(C(F)(F)F)ccc1OC[C@@H]1CCN1C(=O)O. The first-order valence-corrected chi connectivity index (χ1v) is 12.1. The van der Waals surface area contributed by atoms with E-state index in [2.05, 4.69) is 4.99 Å². The van der Waals surface area contributed by atoms with E-state index >= 15 is 0 Å². The number of alkyl halides is 3. The predicted octanol–water partition coefficient (Wildman–Crippen LogP) is 5.39. The molecule has 0 unspecified atom stereocenters. The van der Waals surface area contributed by atoms with Gasteiger partial charge in [-0.05, 0) is 36.0 Å². The first-order valence-electron chi connectivity index (χ1n) is 11.3. The number of benzene rings is 1. The molecule has 1 aromatic heterocycles. The van der Waals surface area contributed by atoms with Gasteiger partial charge in [0.1, 0.15) is 12.4 Å². The summed E-state index contributed by atoms with van der Waals surface area (Å²) in [7, 11) is 0. The van der Waals surface area contributed by atoms with Gasteiger partial charge in [-0.1, -0.05) is 34.6 Å². The zero-order chi connectivity index (χ0) is 26.1. The van der Waals surface area contributed by atoms with Gasteiger partial charge >= 0.3 is 12.3 Å². The van der Waals surface area contributed by atoms with Gasteiger partial charge in [0.05, 0.1) is 17.2 Å². The first-order chi connectivity index (χ1) is 16.2. The summed E-state index contributed by atoms with van der Waals surface area (Å²) in [6.07, 6.45) is -3.25. The largest absolute Gasteiger partial charge is 0.491 e. The molecule has 1 aliphatic heterocycles. The molecule has 2 heterocycles. The number of rotatable bonds is 6. The quantitative estimate of drug-likeness (QED) is 0.561. The normalized spacial score (nSPS) is 17.0. The standard InChI is InChI=1S/C24H30F3N3O4S/c1-14(2)11-29-12-19(23(3,4)5)35-21(29)28-20(31)17-10-15(24(25,26)27)6-7-18(17)34-13-16-8-9-30(16)22(32)33/h6-7,10,12,14,16H,8-9,11,13H2,1-5H3,(H,32,33)/b28-21-/t16-/m0/s1. The molecule has 0 bridgehead atoms. The van der Waals surface area contributed by atoms with Gasteiger partial charge in [0.25, 0.3) is 5.91 Å². The molecular formula is C24H30F3N3O4S. The van der Waals surface area contributed by atoms with Crippen LogP contribution in [0.3, 0.4) is 0 Å². The Morgan fingerprint density at radius 2 is 1.94 bits per heavy atom. The van der Waals surface area contributed by atoms with Crippen LogP contribution < -0.4 is 9.54 Å². The van der Waals surface area contributed by atoms with E-state index in [-0.39, 0.29) is 29.3 Å². The van der Waals surface area contributed by atoms with Gasteiger partial charge in [0, 0.05) is 24.2 Å². The Balaban J connectivity index is 2.00. The minimum absolute atomic E-state index is 0.0630. The Morgan fingerprint density at radius 3 is 2.46 bits per heavy atom. The molecule has 11 heteroatoms. The lowest BCUT2D eigenvalue weighted by Gasteiger charge is -2.38. The average Bonchev–Trinajstić information content (AvgIpc) is 3.08. The number of aromatic nitrogens is 1. The van der Waals surface area contributed by atoms with E-state index in [1.54, 1.807) is 0 Å². The number of likely N-dealkylation sites (tertiary alicyclic amines) is 1. The fourth-order valence-corrected chi connectivity index (χ4v) is 4.59. The maximum atomic E-state index is 13.4. The highest BCUT2D eigenvalue weighted by Gasteiger charge is 2.34. The topological polar surface area (TPSA) is 84.1 Å². The highest BCUT2D eigenvalue weighted by molar-refractivity contribution is 7.09. The summed E-state index contributed by atoms with van der Waals surface area (Å²) in [6, 6.07) is 2.24. The number of ether oxygens (including phenoxy) is 1. The van der Waals surface area contributed by atoms with Crippen LogP contribution >= 0.6 is 11.3 Å². The van der Waals surface area contributed by atoms with Gasteiger partial charge in [-0.25, -0.2) is 4.79 Å². The Labute approximate surface area is 205 Å². The molecule has 0 radical (unpaired) electrons. The second kappa shape index (κ2) is 10.0. The first kappa shape index (κ1) is 26.8. The van der Waals surface area contributed by atoms with E-state index in [0.717, 1.165) is 23.1 Å². The Bertz CT molecular complexity index is 1160. The number of carboxylic acid groups (broad SMARTS) is 1. The molecule has 7 nitrogen and oxygen atoms in total. The number of carbonyl (C=O) groups excluding carboxylic acids is 1. The lowest BCUT2D eigenvalue weighted by Crippen LogP contribution is -2.53. The molecule has 1 atom stereocenters. The number of hydrogen-bond acceptors (Lipinski definition) is 4. The molecule has 192 valence electrons. The molecule has 2 amide bonds. The van der Waals surface area contributed by atoms with Crippen LogP contribution in [-0.2, 0) is 18.1 Å². The van der Waals surface area contributed by atoms with E-state index < -0.39 is 29.8 Å². The monoisotopic (exact) mass is 513 g/mol. The second-order valence-electron chi connectivity index (χ2n) is 10.0. The fourth-order valence-electron chi connectivity index (χ4n) is 3.54. The van der Waals surface area contributed by atoms with Gasteiger partial charge in [-0.15, -0.1) is 11.3 Å². The number of thiazole rings is 1. The number of hydrogen-bond donors (Lipinski definition) is 1. The van der Waals surface area contributed by atoms with Gasteiger partial charge in [-0.2, -0.15) is 18.2 Å². The van der Waals surface area contributed by atoms with Crippen LogP contribution in [0.4, 0.5) is 18.0 Å². The van der Waals surface area contributed by atoms with Crippen LogP contribution in [0.5, 0.6) is 5.75 Å². The average molecular weight is 514 g/mol. The van der Waals surface area contributed by atoms with Crippen LogP contribution in [-0.4, -0.2) is 45.8 Å². The Morgan fingerprint density at radius 1 is 1.26 bits per heavy atom. The number of carbonyl (C=O) groups is 2. The molecule has 1 N–H and O–H groups in total. The third kappa shape index (κ3) is 6.45. The van der Waals surface area contributed by atoms with E-state index in [9.17, 15) is 22.8 Å². The van der Waals surface area contributed by atoms with Crippen LogP contribution in [0.15, 0.2) is 29.4 Å². The smallest absolute Gasteiger partial charge is 0.416 e. The third-order valence-electron chi connectivity index (χ3n) is 5.58. The van der Waals surface area contributed by atoms with Crippen molar-refractivity contribution in [2.45, 2.75) is 65.2 Å². The molecule has 1 aliphatic rings. The summed E-state index contributed by atoms with van der Waals surface area (Å²) in [6.45, 7) is 11.0. The minimum atomic E-state index is -4.65. The van der Waals surface area contributed by atoms with Crippen molar-refractivity contribution in [2.75, 3.05) is 13.2 Å². The van der Waals surface area contributed by atoms with Crippen molar-refractivity contribution < 1.29 is 32.6 Å². The fraction of sp³-hybridized carbons (Fsp3) is 0.542. The molecule has 35 heavy (non-hydrogen) atoms. The van der Waals surface area contributed by atoms with E-state index in [4.69, 9.17) is 9.84 Å². The number of amides is 2. The van der Waals surface area contributed by atoms with Crippen LogP contribution in [0.2, 0.25) is 0 Å². The lowest BCUT2D eigenvalue weighted by atomic mass is 9.95. The number of halogens is 3. The molecule has 1 saturated heterocycles. The molecule has 0 spiro atoms. The van der Waals surface area contributed by atoms with Crippen molar-refractivity contribution in [3.05, 3.63) is 45.2 Å². The Hall–Kier alpha value is -2.82. The summed E-state index contributed by atoms with van der Waals surface area (Å²) in [5.41, 5.74) is -1.50. The summed E-state index contributed by atoms with van der Waals surface area (Å²) in [5.74, 6) is -0.653. The summed E-state index contributed by atoms with van der Waals surface area (Å²) in [4.78, 5) is 31.1. The zero-order valence-corrected chi connectivity index (χ0v) is 21.2. The van der Waals surface area contributed by atoms with E-state index in [1.165, 1.54) is 16.2 Å². The summed E-state index contributed by atoms with van der Waals surface area (Å²) >= 11 is 1.32. The second-order valence-corrected chi connectivity index (χ2v) is 11.0. The molecule has 1 fully saturated rings. The number of nitrogens with zero attached hydrogens (tertiary/aromatic N) is 3. The van der Waals surface area contributed by atoms with Crippen molar-refractivity contribution in [3.63, 3.8) is 0 Å². The van der Waals surface area contributed by atoms with Crippen molar-refractivity contribution >= 4 is 23.3 Å². The summed E-state index contributed by atoms with van der Waals surface area (Å²) < 4.78 is 47.7. The lowest BCUT2D eigenvalue weighted by molar-refractivity contribution is -0.137. The minimum Gasteiger partial charge on any atom is -0.491 e. The Kier molecular flexibility index (Phi) is 7.68. The van der Waals surface area contributed by atoms with Gasteiger partial charge < -0.3 is 19.3 Å². The van der Waals surface area contributed by atoms with Gasteiger partial charge in [0.2, 0.25) is 0 Å². The van der Waals surface area contributed by atoms with Gasteiger partial charge in [-0.3, -0.25) is 4.79 Å². The molecule has 0 aliphatic carbocycles. The molecule has 3 rings (SSSR count). The van der Waals surface area contributed by atoms with E-state index in [1.807, 2.05) is 45.4 Å². The van der Waals surface area contributed by atoms with Crippen molar-refractivity contribution in [3.8, 4) is 5.75 Å². The van der Waals surface area contributed by atoms with Crippen molar-refractivity contribution in [1.29, 1.82) is 0 Å². The molecule has 0 saturated carbocycles. The van der Waals surface area contributed by atoms with Crippen molar-refractivity contribution in [2.24, 2.45) is 10.9 Å². The van der Waals surface area contributed by atoms with Crippen molar-refractivity contribution in [1.82, 2.24) is 9.47 Å². The predicted molar refractivity (Wildman–Crippen MR) is 126 cm³/mol. The summed E-state index contributed by atoms with van der Waals surface area (Å²) in [5, 5.41) is 9.16. The van der Waals surface area contributed by atoms with Gasteiger partial charge in [0.15, 0.2) is 4.80 Å². The molecule has 1 aromatic carbocycles.